The molecule has 6 nitrogen and oxygen atoms in total. The number of nitro benzene ring substituents is 1. The Balaban J connectivity index is 2.43. The Morgan fingerprint density at radius 1 is 1.50 bits per heavy atom. The predicted octanol–water partition coefficient (Wildman–Crippen LogP) is 2.68. The minimum atomic E-state index is -0.457. The summed E-state index contributed by atoms with van der Waals surface area (Å²) < 4.78 is 4.80. The van der Waals surface area contributed by atoms with Crippen molar-refractivity contribution < 1.29 is 14.5 Å². The first-order valence-corrected chi connectivity index (χ1v) is 6.72. The molecule has 110 valence electrons. The van der Waals surface area contributed by atoms with Gasteiger partial charge in [-0.3, -0.25) is 14.9 Å². The highest BCUT2D eigenvalue weighted by atomic mass is 35.5. The number of ether oxygens (including phenoxy) is 1. The van der Waals surface area contributed by atoms with Crippen molar-refractivity contribution in [3.05, 3.63) is 38.9 Å². The molecule has 0 saturated carbocycles. The van der Waals surface area contributed by atoms with Crippen LogP contribution in [0, 0.1) is 10.1 Å². The van der Waals surface area contributed by atoms with Crippen LogP contribution in [0.15, 0.2) is 18.2 Å². The van der Waals surface area contributed by atoms with Crippen LogP contribution in [0.5, 0.6) is 0 Å². The second kappa shape index (κ2) is 8.50. The van der Waals surface area contributed by atoms with Gasteiger partial charge in [-0.2, -0.15) is 0 Å². The van der Waals surface area contributed by atoms with Crippen molar-refractivity contribution in [2.45, 2.75) is 26.3 Å². The molecule has 0 aliphatic rings. The number of carbonyl (C=O) groups excluding carboxylic acids is 1. The number of nitrogens with zero attached hydrogens (tertiary/aromatic N) is 1. The van der Waals surface area contributed by atoms with Crippen LogP contribution in [-0.2, 0) is 16.1 Å². The van der Waals surface area contributed by atoms with E-state index >= 15 is 0 Å². The lowest BCUT2D eigenvalue weighted by atomic mass is 10.1. The SMILES string of the molecule is CCOC(=O)CCCNCc1c(Cl)cccc1[N+](=O)[O-]. The van der Waals surface area contributed by atoms with Crippen LogP contribution in [0.2, 0.25) is 5.02 Å². The van der Waals surface area contributed by atoms with Gasteiger partial charge in [0.1, 0.15) is 0 Å². The molecule has 0 unspecified atom stereocenters. The Labute approximate surface area is 122 Å². The van der Waals surface area contributed by atoms with Gasteiger partial charge in [0.2, 0.25) is 0 Å². The summed E-state index contributed by atoms with van der Waals surface area (Å²) in [5.74, 6) is -0.238. The highest BCUT2D eigenvalue weighted by molar-refractivity contribution is 6.31. The van der Waals surface area contributed by atoms with Crippen molar-refractivity contribution in [1.29, 1.82) is 0 Å². The van der Waals surface area contributed by atoms with E-state index < -0.39 is 4.92 Å². The largest absolute Gasteiger partial charge is 0.466 e. The molecule has 20 heavy (non-hydrogen) atoms. The number of esters is 1. The van der Waals surface area contributed by atoms with Gasteiger partial charge >= 0.3 is 5.97 Å². The number of nitro groups is 1. The normalized spacial score (nSPS) is 10.3. The molecule has 0 amide bonds. The summed E-state index contributed by atoms with van der Waals surface area (Å²) >= 11 is 5.96. The first kappa shape index (κ1) is 16.4. The molecule has 0 aliphatic carbocycles. The van der Waals surface area contributed by atoms with E-state index in [2.05, 4.69) is 5.32 Å². The maximum Gasteiger partial charge on any atom is 0.305 e. The van der Waals surface area contributed by atoms with Crippen LogP contribution in [0.25, 0.3) is 0 Å². The Morgan fingerprint density at radius 3 is 2.90 bits per heavy atom. The van der Waals surface area contributed by atoms with Crippen molar-refractivity contribution in [2.24, 2.45) is 0 Å². The number of carbonyl (C=O) groups is 1. The van der Waals surface area contributed by atoms with Gasteiger partial charge in [0.05, 0.1) is 22.1 Å². The third-order valence-electron chi connectivity index (χ3n) is 2.63. The Kier molecular flexibility index (Phi) is 6.97. The van der Waals surface area contributed by atoms with Gasteiger partial charge in [-0.25, -0.2) is 0 Å². The van der Waals surface area contributed by atoms with Crippen molar-refractivity contribution in [3.63, 3.8) is 0 Å². The van der Waals surface area contributed by atoms with Gasteiger partial charge < -0.3 is 10.1 Å². The number of nitrogens with one attached hydrogen (secondary N) is 1. The Hall–Kier alpha value is -1.66. The number of halogens is 1. The fourth-order valence-corrected chi connectivity index (χ4v) is 1.93. The lowest BCUT2D eigenvalue weighted by Crippen LogP contribution is -2.17. The van der Waals surface area contributed by atoms with Crippen molar-refractivity contribution in [2.75, 3.05) is 13.2 Å². The van der Waals surface area contributed by atoms with Crippen LogP contribution in [-0.4, -0.2) is 24.0 Å². The second-order valence-corrected chi connectivity index (χ2v) is 4.49. The topological polar surface area (TPSA) is 81.5 Å². The smallest absolute Gasteiger partial charge is 0.305 e. The fourth-order valence-electron chi connectivity index (χ4n) is 1.70. The zero-order valence-electron chi connectivity index (χ0n) is 11.2. The lowest BCUT2D eigenvalue weighted by molar-refractivity contribution is -0.385. The first-order valence-electron chi connectivity index (χ1n) is 6.34. The highest BCUT2D eigenvalue weighted by Gasteiger charge is 2.15. The van der Waals surface area contributed by atoms with Crippen LogP contribution < -0.4 is 5.32 Å². The van der Waals surface area contributed by atoms with Gasteiger partial charge in [0.15, 0.2) is 0 Å². The quantitative estimate of drug-likeness (QED) is 0.345. The summed E-state index contributed by atoms with van der Waals surface area (Å²) in [7, 11) is 0. The summed E-state index contributed by atoms with van der Waals surface area (Å²) in [6.45, 7) is 2.98. The molecule has 0 heterocycles. The maximum absolute atomic E-state index is 11.1. The number of hydrogen-bond acceptors (Lipinski definition) is 5. The fraction of sp³-hybridized carbons (Fsp3) is 0.462. The van der Waals surface area contributed by atoms with Gasteiger partial charge in [-0.05, 0) is 26.0 Å². The number of rotatable bonds is 8. The Bertz CT molecular complexity index is 479. The van der Waals surface area contributed by atoms with E-state index in [4.69, 9.17) is 16.3 Å². The molecular formula is C13H17ClN2O4. The first-order chi connectivity index (χ1) is 9.56. The average Bonchev–Trinajstić information content (AvgIpc) is 2.40. The van der Waals surface area contributed by atoms with Crippen molar-refractivity contribution in [1.82, 2.24) is 5.32 Å². The molecule has 0 atom stereocenters. The van der Waals surface area contributed by atoms with Crippen LogP contribution in [0.3, 0.4) is 0 Å². The molecular weight excluding hydrogens is 284 g/mol. The molecule has 0 aromatic heterocycles. The summed E-state index contributed by atoms with van der Waals surface area (Å²) in [6, 6.07) is 4.58. The number of hydrogen-bond donors (Lipinski definition) is 1. The minimum Gasteiger partial charge on any atom is -0.466 e. The lowest BCUT2D eigenvalue weighted by Gasteiger charge is -2.07. The van der Waals surface area contributed by atoms with Crippen LogP contribution in [0.4, 0.5) is 5.69 Å². The summed E-state index contributed by atoms with van der Waals surface area (Å²) in [5, 5.41) is 14.3. The highest BCUT2D eigenvalue weighted by Crippen LogP contribution is 2.25. The summed E-state index contributed by atoms with van der Waals surface area (Å²) in [4.78, 5) is 21.5. The van der Waals surface area contributed by atoms with E-state index in [1.807, 2.05) is 0 Å². The third kappa shape index (κ3) is 5.14. The molecule has 0 fully saturated rings. The van der Waals surface area contributed by atoms with Gasteiger partial charge in [0.25, 0.3) is 5.69 Å². The second-order valence-electron chi connectivity index (χ2n) is 4.08. The van der Waals surface area contributed by atoms with E-state index in [9.17, 15) is 14.9 Å². The summed E-state index contributed by atoms with van der Waals surface area (Å²) in [6.07, 6.45) is 0.933. The third-order valence-corrected chi connectivity index (χ3v) is 2.99. The number of benzene rings is 1. The maximum atomic E-state index is 11.1. The molecule has 0 saturated heterocycles. The van der Waals surface area contributed by atoms with Crippen molar-refractivity contribution >= 4 is 23.3 Å². The van der Waals surface area contributed by atoms with Crippen LogP contribution in [0.1, 0.15) is 25.3 Å². The zero-order chi connectivity index (χ0) is 15.0. The van der Waals surface area contributed by atoms with Crippen molar-refractivity contribution in [3.8, 4) is 0 Å². The minimum absolute atomic E-state index is 0.00427. The molecule has 1 rings (SSSR count). The molecule has 0 aliphatic heterocycles. The van der Waals surface area contributed by atoms with E-state index in [-0.39, 0.29) is 11.7 Å². The average molecular weight is 301 g/mol. The Morgan fingerprint density at radius 2 is 2.25 bits per heavy atom. The molecule has 7 heteroatoms. The van der Waals surface area contributed by atoms with E-state index in [1.54, 1.807) is 19.1 Å². The molecule has 1 N–H and O–H groups in total. The standard InChI is InChI=1S/C13H17ClN2O4/c1-2-20-13(17)7-4-8-15-9-10-11(14)5-3-6-12(10)16(18)19/h3,5-6,15H,2,4,7-9H2,1H3. The summed E-state index contributed by atoms with van der Waals surface area (Å²) in [5.41, 5.74) is 0.450. The van der Waals surface area contributed by atoms with E-state index in [1.165, 1.54) is 6.07 Å². The van der Waals surface area contributed by atoms with Gasteiger partial charge in [-0.1, -0.05) is 17.7 Å². The van der Waals surface area contributed by atoms with E-state index in [0.29, 0.717) is 43.1 Å². The monoisotopic (exact) mass is 300 g/mol. The van der Waals surface area contributed by atoms with Gasteiger partial charge in [-0.15, -0.1) is 0 Å². The van der Waals surface area contributed by atoms with Crippen LogP contribution >= 0.6 is 11.6 Å². The molecule has 0 spiro atoms. The molecule has 0 bridgehead atoms. The molecule has 1 aromatic rings. The zero-order valence-corrected chi connectivity index (χ0v) is 12.0. The molecule has 0 radical (unpaired) electrons. The van der Waals surface area contributed by atoms with E-state index in [0.717, 1.165) is 0 Å². The van der Waals surface area contributed by atoms with Gasteiger partial charge in [0, 0.05) is 19.0 Å². The molecule has 1 aromatic carbocycles. The predicted molar refractivity (Wildman–Crippen MR) is 75.7 cm³/mol.